The fraction of sp³-hybridized carbons (Fsp3) is 0.500. The van der Waals surface area contributed by atoms with Gasteiger partial charge in [0.05, 0.1) is 11.9 Å². The first kappa shape index (κ1) is 14.3. The van der Waals surface area contributed by atoms with E-state index in [-0.39, 0.29) is 0 Å². The van der Waals surface area contributed by atoms with Gasteiger partial charge in [0.25, 0.3) is 0 Å². The zero-order valence-electron chi connectivity index (χ0n) is 13.0. The molecule has 2 aromatic rings. The van der Waals surface area contributed by atoms with Gasteiger partial charge in [0.1, 0.15) is 0 Å². The molecule has 1 aliphatic carbocycles. The molecule has 1 heterocycles. The highest BCUT2D eigenvalue weighted by atomic mass is 15.3. The van der Waals surface area contributed by atoms with Gasteiger partial charge in [-0.3, -0.25) is 0 Å². The summed E-state index contributed by atoms with van der Waals surface area (Å²) < 4.78 is 2.04. The van der Waals surface area contributed by atoms with Crippen molar-refractivity contribution >= 4 is 0 Å². The van der Waals surface area contributed by atoms with Crippen molar-refractivity contribution in [3.05, 3.63) is 47.8 Å². The van der Waals surface area contributed by atoms with Crippen molar-refractivity contribution in [1.82, 2.24) is 15.1 Å². The monoisotopic (exact) mass is 283 g/mol. The van der Waals surface area contributed by atoms with Crippen LogP contribution in [0.5, 0.6) is 0 Å². The molecule has 1 aliphatic rings. The van der Waals surface area contributed by atoms with Crippen LogP contribution in [0.3, 0.4) is 0 Å². The van der Waals surface area contributed by atoms with Crippen LogP contribution in [0.25, 0.3) is 5.69 Å². The van der Waals surface area contributed by atoms with E-state index in [1.807, 2.05) is 16.9 Å². The Morgan fingerprint density at radius 1 is 1.14 bits per heavy atom. The van der Waals surface area contributed by atoms with Gasteiger partial charge in [-0.25, -0.2) is 4.68 Å². The maximum absolute atomic E-state index is 4.58. The largest absolute Gasteiger partial charge is 0.307 e. The molecule has 1 unspecified atom stereocenters. The molecule has 1 aromatic heterocycles. The molecule has 0 radical (unpaired) electrons. The quantitative estimate of drug-likeness (QED) is 0.913. The summed E-state index contributed by atoms with van der Waals surface area (Å²) in [7, 11) is 0. The summed E-state index contributed by atoms with van der Waals surface area (Å²) in [5, 5.41) is 8.36. The molecule has 3 rings (SSSR count). The van der Waals surface area contributed by atoms with Crippen molar-refractivity contribution in [2.45, 2.75) is 58.0 Å². The van der Waals surface area contributed by atoms with Crippen molar-refractivity contribution < 1.29 is 0 Å². The first-order chi connectivity index (χ1) is 10.3. The van der Waals surface area contributed by atoms with E-state index in [4.69, 9.17) is 0 Å². The van der Waals surface area contributed by atoms with Crippen LogP contribution < -0.4 is 5.32 Å². The van der Waals surface area contributed by atoms with Crippen molar-refractivity contribution in [3.8, 4) is 5.69 Å². The van der Waals surface area contributed by atoms with Gasteiger partial charge in [0.2, 0.25) is 0 Å². The zero-order chi connectivity index (χ0) is 14.7. The Morgan fingerprint density at radius 3 is 2.57 bits per heavy atom. The molecule has 3 nitrogen and oxygen atoms in total. The molecule has 0 spiro atoms. The Bertz CT molecular complexity index is 567. The van der Waals surface area contributed by atoms with Crippen LogP contribution >= 0.6 is 0 Å². The number of rotatable bonds is 4. The second kappa shape index (κ2) is 6.44. The van der Waals surface area contributed by atoms with Gasteiger partial charge in [0.15, 0.2) is 0 Å². The number of nitrogens with zero attached hydrogens (tertiary/aromatic N) is 2. The van der Waals surface area contributed by atoms with Crippen LogP contribution in [0.2, 0.25) is 0 Å². The highest BCUT2D eigenvalue weighted by molar-refractivity contribution is 5.35. The molecule has 1 fully saturated rings. The molecule has 1 saturated carbocycles. The normalized spacial score (nSPS) is 17.8. The summed E-state index contributed by atoms with van der Waals surface area (Å²) in [5.74, 6) is 0. The van der Waals surface area contributed by atoms with Gasteiger partial charge >= 0.3 is 0 Å². The minimum Gasteiger partial charge on any atom is -0.307 e. The van der Waals surface area contributed by atoms with Gasteiger partial charge in [-0.15, -0.1) is 0 Å². The molecular formula is C18H25N3. The number of para-hydroxylation sites is 1. The molecule has 1 N–H and O–H groups in total. The lowest BCUT2D eigenvalue weighted by atomic mass is 9.94. The molecule has 3 heteroatoms. The van der Waals surface area contributed by atoms with Gasteiger partial charge in [-0.1, -0.05) is 37.5 Å². The molecule has 1 atom stereocenters. The molecule has 1 aromatic carbocycles. The summed E-state index contributed by atoms with van der Waals surface area (Å²) >= 11 is 0. The maximum Gasteiger partial charge on any atom is 0.0648 e. The fourth-order valence-electron chi connectivity index (χ4n) is 3.39. The van der Waals surface area contributed by atoms with E-state index in [1.54, 1.807) is 0 Å². The van der Waals surface area contributed by atoms with E-state index in [2.05, 4.69) is 48.5 Å². The van der Waals surface area contributed by atoms with Crippen molar-refractivity contribution in [3.63, 3.8) is 0 Å². The lowest BCUT2D eigenvalue weighted by molar-refractivity contribution is 0.346. The van der Waals surface area contributed by atoms with Crippen LogP contribution in [0, 0.1) is 6.92 Å². The highest BCUT2D eigenvalue weighted by Gasteiger charge is 2.19. The number of benzene rings is 1. The summed E-state index contributed by atoms with van der Waals surface area (Å²) in [6.45, 7) is 4.42. The van der Waals surface area contributed by atoms with Crippen molar-refractivity contribution in [1.29, 1.82) is 0 Å². The third-order valence-corrected chi connectivity index (χ3v) is 4.61. The second-order valence-corrected chi connectivity index (χ2v) is 6.16. The molecule has 0 amide bonds. The third-order valence-electron chi connectivity index (χ3n) is 4.61. The van der Waals surface area contributed by atoms with Crippen molar-refractivity contribution in [2.75, 3.05) is 0 Å². The van der Waals surface area contributed by atoms with Crippen LogP contribution in [0.4, 0.5) is 0 Å². The Balaban J connectivity index is 1.75. The predicted molar refractivity (Wildman–Crippen MR) is 86.7 cm³/mol. The summed E-state index contributed by atoms with van der Waals surface area (Å²) in [6, 6.07) is 11.4. The van der Waals surface area contributed by atoms with Gasteiger partial charge in [0, 0.05) is 23.3 Å². The van der Waals surface area contributed by atoms with Crippen LogP contribution in [-0.4, -0.2) is 15.8 Å². The van der Waals surface area contributed by atoms with Gasteiger partial charge in [-0.2, -0.15) is 5.10 Å². The molecular weight excluding hydrogens is 258 g/mol. The van der Waals surface area contributed by atoms with Crippen LogP contribution in [0.15, 0.2) is 36.5 Å². The molecule has 0 aliphatic heterocycles. The summed E-state index contributed by atoms with van der Waals surface area (Å²) in [5.41, 5.74) is 3.67. The molecule has 21 heavy (non-hydrogen) atoms. The van der Waals surface area contributed by atoms with Crippen molar-refractivity contribution in [2.24, 2.45) is 0 Å². The molecule has 0 bridgehead atoms. The van der Waals surface area contributed by atoms with E-state index in [9.17, 15) is 0 Å². The van der Waals surface area contributed by atoms with E-state index in [1.165, 1.54) is 43.4 Å². The maximum atomic E-state index is 4.58. The van der Waals surface area contributed by atoms with E-state index >= 15 is 0 Å². The lowest BCUT2D eigenvalue weighted by Crippen LogP contribution is -2.33. The third kappa shape index (κ3) is 3.18. The number of hydrogen-bond donors (Lipinski definition) is 1. The molecule has 112 valence electrons. The SMILES string of the molecule is Cc1c(C(C)NC2CCCCC2)cnn1-c1ccccc1. The minimum atomic E-state index is 0.366. The van der Waals surface area contributed by atoms with E-state index in [0.29, 0.717) is 12.1 Å². The highest BCUT2D eigenvalue weighted by Crippen LogP contribution is 2.24. The Morgan fingerprint density at radius 2 is 1.86 bits per heavy atom. The Kier molecular flexibility index (Phi) is 4.39. The average molecular weight is 283 g/mol. The summed E-state index contributed by atoms with van der Waals surface area (Å²) in [6.07, 6.45) is 8.78. The second-order valence-electron chi connectivity index (χ2n) is 6.16. The number of aromatic nitrogens is 2. The Hall–Kier alpha value is -1.61. The zero-order valence-corrected chi connectivity index (χ0v) is 13.0. The van der Waals surface area contributed by atoms with Gasteiger partial charge in [-0.05, 0) is 38.8 Å². The molecule has 0 saturated heterocycles. The average Bonchev–Trinajstić information content (AvgIpc) is 2.91. The summed E-state index contributed by atoms with van der Waals surface area (Å²) in [4.78, 5) is 0. The van der Waals surface area contributed by atoms with Crippen LogP contribution in [0.1, 0.15) is 56.3 Å². The topological polar surface area (TPSA) is 29.9 Å². The predicted octanol–water partition coefficient (Wildman–Crippen LogP) is 4.16. The fourth-order valence-corrected chi connectivity index (χ4v) is 3.39. The minimum absolute atomic E-state index is 0.366. The van der Waals surface area contributed by atoms with Crippen LogP contribution in [-0.2, 0) is 0 Å². The number of nitrogens with one attached hydrogen (secondary N) is 1. The lowest BCUT2D eigenvalue weighted by Gasteiger charge is -2.26. The van der Waals surface area contributed by atoms with E-state index in [0.717, 1.165) is 5.69 Å². The first-order valence-electron chi connectivity index (χ1n) is 8.11. The number of hydrogen-bond acceptors (Lipinski definition) is 2. The first-order valence-corrected chi connectivity index (χ1v) is 8.11. The van der Waals surface area contributed by atoms with Gasteiger partial charge < -0.3 is 5.32 Å². The smallest absolute Gasteiger partial charge is 0.0648 e. The standard InChI is InChI=1S/C18H25N3/c1-14(20-16-9-5-3-6-10-16)18-13-19-21(15(18)2)17-11-7-4-8-12-17/h4,7-8,11-14,16,20H,3,5-6,9-10H2,1-2H3. The Labute approximate surface area is 127 Å². The van der Waals surface area contributed by atoms with E-state index < -0.39 is 0 Å².